The van der Waals surface area contributed by atoms with Gasteiger partial charge in [0.2, 0.25) is 0 Å². The van der Waals surface area contributed by atoms with Crippen molar-refractivity contribution in [3.63, 3.8) is 0 Å². The molecular formula is C14H11F3N2. The molecule has 0 aromatic heterocycles. The van der Waals surface area contributed by atoms with E-state index in [2.05, 4.69) is 4.99 Å². The minimum Gasteiger partial charge on any atom is -0.383 e. The minimum atomic E-state index is -4.38. The van der Waals surface area contributed by atoms with Gasteiger partial charge >= 0.3 is 6.18 Å². The number of aliphatic imine (C=N–C) groups is 1. The highest BCUT2D eigenvalue weighted by molar-refractivity contribution is 5.98. The van der Waals surface area contributed by atoms with Crippen molar-refractivity contribution in [1.82, 2.24) is 0 Å². The molecule has 0 heterocycles. The maximum atomic E-state index is 12.5. The van der Waals surface area contributed by atoms with Gasteiger partial charge in [0.1, 0.15) is 5.84 Å². The van der Waals surface area contributed by atoms with Crippen molar-refractivity contribution in [1.29, 1.82) is 0 Å². The Morgan fingerprint density at radius 2 is 1.63 bits per heavy atom. The summed E-state index contributed by atoms with van der Waals surface area (Å²) in [5.74, 6) is 0.180. The molecule has 98 valence electrons. The van der Waals surface area contributed by atoms with E-state index in [1.807, 2.05) is 6.07 Å². The second kappa shape index (κ2) is 5.14. The van der Waals surface area contributed by atoms with E-state index >= 15 is 0 Å². The second-order valence-corrected chi connectivity index (χ2v) is 3.91. The third kappa shape index (κ3) is 3.34. The molecule has 2 rings (SSSR count). The molecule has 0 atom stereocenters. The van der Waals surface area contributed by atoms with Crippen LogP contribution in [0.1, 0.15) is 11.1 Å². The predicted molar refractivity (Wildman–Crippen MR) is 68.3 cm³/mol. The lowest BCUT2D eigenvalue weighted by atomic mass is 10.2. The van der Waals surface area contributed by atoms with Gasteiger partial charge < -0.3 is 5.73 Å². The van der Waals surface area contributed by atoms with Crippen molar-refractivity contribution in [2.24, 2.45) is 10.7 Å². The number of nitrogens with two attached hydrogens (primary N) is 1. The molecule has 2 aromatic carbocycles. The molecule has 2 aromatic rings. The maximum Gasteiger partial charge on any atom is 0.416 e. The Labute approximate surface area is 108 Å². The molecule has 5 heteroatoms. The quantitative estimate of drug-likeness (QED) is 0.651. The number of halogens is 3. The molecule has 0 amide bonds. The van der Waals surface area contributed by atoms with Crippen LogP contribution in [0, 0.1) is 0 Å². The van der Waals surface area contributed by atoms with Crippen LogP contribution < -0.4 is 5.73 Å². The van der Waals surface area contributed by atoms with Crippen LogP contribution in [0.25, 0.3) is 0 Å². The summed E-state index contributed by atoms with van der Waals surface area (Å²) >= 11 is 0. The monoisotopic (exact) mass is 264 g/mol. The van der Waals surface area contributed by atoms with E-state index < -0.39 is 11.7 Å². The van der Waals surface area contributed by atoms with Gasteiger partial charge in [0.15, 0.2) is 0 Å². The fourth-order valence-electron chi connectivity index (χ4n) is 1.56. The third-order valence-corrected chi connectivity index (χ3v) is 2.49. The van der Waals surface area contributed by atoms with Gasteiger partial charge in [0, 0.05) is 5.56 Å². The molecule has 0 aliphatic rings. The first kappa shape index (κ1) is 13.1. The SMILES string of the molecule is NC(=Nc1cccc(C(F)(F)F)c1)c1ccccc1. The van der Waals surface area contributed by atoms with Crippen LogP contribution >= 0.6 is 0 Å². The maximum absolute atomic E-state index is 12.5. The zero-order chi connectivity index (χ0) is 13.9. The van der Waals surface area contributed by atoms with E-state index in [0.29, 0.717) is 5.56 Å². The van der Waals surface area contributed by atoms with Crippen molar-refractivity contribution >= 4 is 11.5 Å². The number of amidine groups is 1. The standard InChI is InChI=1S/C14H11F3N2/c15-14(16,17)11-7-4-8-12(9-11)19-13(18)10-5-2-1-3-6-10/h1-9H,(H2,18,19). The summed E-state index contributed by atoms with van der Waals surface area (Å²) in [6.07, 6.45) is -4.38. The molecule has 19 heavy (non-hydrogen) atoms. The molecular weight excluding hydrogens is 253 g/mol. The van der Waals surface area contributed by atoms with Crippen LogP contribution in [-0.4, -0.2) is 5.84 Å². The van der Waals surface area contributed by atoms with Crippen molar-refractivity contribution < 1.29 is 13.2 Å². The molecule has 0 unspecified atom stereocenters. The van der Waals surface area contributed by atoms with E-state index in [1.165, 1.54) is 12.1 Å². The van der Waals surface area contributed by atoms with E-state index in [9.17, 15) is 13.2 Å². The van der Waals surface area contributed by atoms with Crippen LogP contribution in [0.5, 0.6) is 0 Å². The molecule has 0 saturated carbocycles. The van der Waals surface area contributed by atoms with Crippen molar-refractivity contribution in [2.45, 2.75) is 6.18 Å². The van der Waals surface area contributed by atoms with Crippen molar-refractivity contribution in [3.05, 3.63) is 65.7 Å². The highest BCUT2D eigenvalue weighted by atomic mass is 19.4. The summed E-state index contributed by atoms with van der Waals surface area (Å²) < 4.78 is 37.6. The lowest BCUT2D eigenvalue weighted by Gasteiger charge is -2.07. The minimum absolute atomic E-state index is 0.177. The van der Waals surface area contributed by atoms with Gasteiger partial charge in [-0.3, -0.25) is 0 Å². The van der Waals surface area contributed by atoms with Crippen LogP contribution in [-0.2, 0) is 6.18 Å². The molecule has 0 aliphatic carbocycles. The predicted octanol–water partition coefficient (Wildman–Crippen LogP) is 3.74. The lowest BCUT2D eigenvalue weighted by Crippen LogP contribution is -2.12. The zero-order valence-corrected chi connectivity index (χ0v) is 9.85. The largest absolute Gasteiger partial charge is 0.416 e. The first-order valence-corrected chi connectivity index (χ1v) is 5.53. The highest BCUT2D eigenvalue weighted by Gasteiger charge is 2.30. The average molecular weight is 264 g/mol. The molecule has 0 spiro atoms. The number of rotatable bonds is 2. The second-order valence-electron chi connectivity index (χ2n) is 3.91. The summed E-state index contributed by atoms with van der Waals surface area (Å²) in [6, 6.07) is 13.6. The number of benzene rings is 2. The Morgan fingerprint density at radius 1 is 0.947 bits per heavy atom. The average Bonchev–Trinajstić information content (AvgIpc) is 2.39. The van der Waals surface area contributed by atoms with E-state index in [4.69, 9.17) is 5.73 Å². The van der Waals surface area contributed by atoms with Crippen LogP contribution in [0.3, 0.4) is 0 Å². The Hall–Kier alpha value is -2.30. The van der Waals surface area contributed by atoms with Gasteiger partial charge in [0.25, 0.3) is 0 Å². The molecule has 0 bridgehead atoms. The fourth-order valence-corrected chi connectivity index (χ4v) is 1.56. The third-order valence-electron chi connectivity index (χ3n) is 2.49. The van der Waals surface area contributed by atoms with Gasteiger partial charge in [0.05, 0.1) is 11.3 Å². The molecule has 0 aliphatic heterocycles. The van der Waals surface area contributed by atoms with Gasteiger partial charge in [-0.05, 0) is 18.2 Å². The Morgan fingerprint density at radius 3 is 2.26 bits per heavy atom. The van der Waals surface area contributed by atoms with E-state index in [-0.39, 0.29) is 11.5 Å². The van der Waals surface area contributed by atoms with E-state index in [0.717, 1.165) is 12.1 Å². The lowest BCUT2D eigenvalue weighted by molar-refractivity contribution is -0.137. The summed E-state index contributed by atoms with van der Waals surface area (Å²) in [6.45, 7) is 0. The van der Waals surface area contributed by atoms with Crippen LogP contribution in [0.15, 0.2) is 59.6 Å². The smallest absolute Gasteiger partial charge is 0.383 e. The highest BCUT2D eigenvalue weighted by Crippen LogP contribution is 2.31. The van der Waals surface area contributed by atoms with Crippen molar-refractivity contribution in [3.8, 4) is 0 Å². The van der Waals surface area contributed by atoms with E-state index in [1.54, 1.807) is 24.3 Å². The summed E-state index contributed by atoms with van der Waals surface area (Å²) in [5.41, 5.74) is 5.86. The molecule has 0 fully saturated rings. The van der Waals surface area contributed by atoms with Crippen molar-refractivity contribution in [2.75, 3.05) is 0 Å². The number of alkyl halides is 3. The first-order chi connectivity index (χ1) is 8.97. The first-order valence-electron chi connectivity index (χ1n) is 5.53. The molecule has 2 nitrogen and oxygen atoms in total. The fraction of sp³-hybridized carbons (Fsp3) is 0.0714. The normalized spacial score (nSPS) is 12.5. The number of nitrogens with zero attached hydrogens (tertiary/aromatic N) is 1. The Kier molecular flexibility index (Phi) is 3.55. The number of hydrogen-bond donors (Lipinski definition) is 1. The van der Waals surface area contributed by atoms with Gasteiger partial charge in [-0.25, -0.2) is 4.99 Å². The summed E-state index contributed by atoms with van der Waals surface area (Å²) in [4.78, 5) is 4.00. The molecule has 0 radical (unpaired) electrons. The Balaban J connectivity index is 2.33. The van der Waals surface area contributed by atoms with Crippen LogP contribution in [0.2, 0.25) is 0 Å². The summed E-state index contributed by atoms with van der Waals surface area (Å²) in [5, 5.41) is 0. The molecule has 0 saturated heterocycles. The van der Waals surface area contributed by atoms with Crippen LogP contribution in [0.4, 0.5) is 18.9 Å². The van der Waals surface area contributed by atoms with Gasteiger partial charge in [-0.2, -0.15) is 13.2 Å². The summed E-state index contributed by atoms with van der Waals surface area (Å²) in [7, 11) is 0. The topological polar surface area (TPSA) is 38.4 Å². The number of hydrogen-bond acceptors (Lipinski definition) is 1. The van der Waals surface area contributed by atoms with Gasteiger partial charge in [-0.15, -0.1) is 0 Å². The van der Waals surface area contributed by atoms with Gasteiger partial charge in [-0.1, -0.05) is 36.4 Å². The molecule has 2 N–H and O–H groups in total. The zero-order valence-electron chi connectivity index (χ0n) is 9.85. The Bertz CT molecular complexity index is 589.